The second kappa shape index (κ2) is 12.1. The van der Waals surface area contributed by atoms with E-state index < -0.39 is 6.67 Å². The highest BCUT2D eigenvalue weighted by atomic mass is 35.5. The molecule has 2 unspecified atom stereocenters. The number of thioether (sulfide) groups is 2. The van der Waals surface area contributed by atoms with Crippen LogP contribution in [0.25, 0.3) is 0 Å². The van der Waals surface area contributed by atoms with Crippen LogP contribution in [0, 0.1) is 0 Å². The molecule has 1 fully saturated rings. The number of ether oxygens (including phenoxy) is 1. The Kier molecular flexibility index (Phi) is 9.52. The summed E-state index contributed by atoms with van der Waals surface area (Å²) >= 11 is 9.15. The van der Waals surface area contributed by atoms with Gasteiger partial charge in [-0.15, -0.1) is 11.8 Å². The minimum atomic E-state index is -0.577. The summed E-state index contributed by atoms with van der Waals surface area (Å²) in [7, 11) is 1.94. The van der Waals surface area contributed by atoms with Crippen LogP contribution in [0.5, 0.6) is 0 Å². The van der Waals surface area contributed by atoms with Gasteiger partial charge in [-0.05, 0) is 17.0 Å². The number of hydrogen-bond donors (Lipinski definition) is 1. The lowest BCUT2D eigenvalue weighted by atomic mass is 10.1. The molecule has 1 aromatic carbocycles. The molecule has 2 aliphatic rings. The molecule has 170 valence electrons. The Morgan fingerprint density at radius 1 is 1.48 bits per heavy atom. The number of nitrogens with zero attached hydrogens (tertiary/aromatic N) is 2. The largest absolute Gasteiger partial charge is 0.374 e. The predicted molar refractivity (Wildman–Crippen MR) is 125 cm³/mol. The molecule has 10 heteroatoms. The van der Waals surface area contributed by atoms with Crippen molar-refractivity contribution in [2.24, 2.45) is 0 Å². The lowest BCUT2D eigenvalue weighted by Crippen LogP contribution is -2.47. The van der Waals surface area contributed by atoms with E-state index in [4.69, 9.17) is 16.3 Å². The van der Waals surface area contributed by atoms with Crippen molar-refractivity contribution in [1.82, 2.24) is 15.1 Å². The van der Waals surface area contributed by atoms with Crippen LogP contribution < -0.4 is 5.32 Å². The Labute approximate surface area is 195 Å². The second-order valence-corrected chi connectivity index (χ2v) is 10.2. The number of rotatable bonds is 10. The molecule has 1 amide bonds. The number of aldehydes is 1. The van der Waals surface area contributed by atoms with Gasteiger partial charge in [0.05, 0.1) is 18.5 Å². The van der Waals surface area contributed by atoms with E-state index in [2.05, 4.69) is 10.2 Å². The van der Waals surface area contributed by atoms with Crippen LogP contribution in [-0.4, -0.2) is 71.8 Å². The molecular formula is C21H27ClFN3O3S2. The fourth-order valence-electron chi connectivity index (χ4n) is 3.44. The quantitative estimate of drug-likeness (QED) is 0.508. The van der Waals surface area contributed by atoms with Crippen LogP contribution in [0.4, 0.5) is 4.39 Å². The van der Waals surface area contributed by atoms with Crippen LogP contribution in [0.1, 0.15) is 17.5 Å². The third-order valence-corrected chi connectivity index (χ3v) is 8.25. The first-order valence-electron chi connectivity index (χ1n) is 10.1. The highest BCUT2D eigenvalue weighted by Crippen LogP contribution is 2.37. The molecule has 2 atom stereocenters. The zero-order valence-electron chi connectivity index (χ0n) is 17.4. The van der Waals surface area contributed by atoms with Gasteiger partial charge in [0.2, 0.25) is 5.91 Å². The van der Waals surface area contributed by atoms with E-state index in [0.717, 1.165) is 24.1 Å². The fourth-order valence-corrected chi connectivity index (χ4v) is 5.90. The Morgan fingerprint density at radius 3 is 3.10 bits per heavy atom. The molecular weight excluding hydrogens is 461 g/mol. The van der Waals surface area contributed by atoms with Crippen molar-refractivity contribution in [2.45, 2.75) is 30.5 Å². The summed E-state index contributed by atoms with van der Waals surface area (Å²) in [5.41, 5.74) is 2.50. The number of benzene rings is 1. The number of alkyl halides is 1. The summed E-state index contributed by atoms with van der Waals surface area (Å²) in [6.07, 6.45) is 1.20. The number of hydrogen-bond acceptors (Lipinski definition) is 7. The molecule has 0 aromatic heterocycles. The molecule has 0 aliphatic carbocycles. The van der Waals surface area contributed by atoms with E-state index in [1.807, 2.05) is 23.4 Å². The van der Waals surface area contributed by atoms with Gasteiger partial charge in [0.15, 0.2) is 0 Å². The molecule has 1 saturated heterocycles. The number of nitrogens with one attached hydrogen (secondary N) is 1. The van der Waals surface area contributed by atoms with Crippen LogP contribution >= 0.6 is 35.1 Å². The molecule has 1 N–H and O–H groups in total. The Balaban J connectivity index is 1.38. The van der Waals surface area contributed by atoms with Crippen LogP contribution in [0.15, 0.2) is 29.3 Å². The minimum Gasteiger partial charge on any atom is -0.374 e. The summed E-state index contributed by atoms with van der Waals surface area (Å²) in [6, 6.07) is 5.46. The monoisotopic (exact) mass is 487 g/mol. The molecule has 0 bridgehead atoms. The van der Waals surface area contributed by atoms with Gasteiger partial charge in [0, 0.05) is 55.9 Å². The average molecular weight is 488 g/mol. The van der Waals surface area contributed by atoms with Gasteiger partial charge in [-0.3, -0.25) is 9.69 Å². The minimum absolute atomic E-state index is 0.0335. The summed E-state index contributed by atoms with van der Waals surface area (Å²) in [5, 5.41) is 5.38. The van der Waals surface area contributed by atoms with Gasteiger partial charge < -0.3 is 19.7 Å². The first kappa shape index (κ1) is 24.4. The third kappa shape index (κ3) is 7.12. The van der Waals surface area contributed by atoms with Crippen molar-refractivity contribution in [3.05, 3.63) is 45.5 Å². The summed E-state index contributed by atoms with van der Waals surface area (Å²) in [6.45, 7) is 2.64. The zero-order valence-corrected chi connectivity index (χ0v) is 19.8. The Hall–Kier alpha value is -1.26. The maximum atomic E-state index is 13.0. The number of allylic oxidation sites excluding steroid dienone is 1. The van der Waals surface area contributed by atoms with Crippen molar-refractivity contribution >= 4 is 47.3 Å². The number of carbonyl (C=O) groups excluding carboxylic acids is 2. The van der Waals surface area contributed by atoms with Crippen molar-refractivity contribution in [2.75, 3.05) is 39.0 Å². The SMILES string of the molecule is CN1C(CC=O)=CSC1SCC(=O)NCC1CN(Cc2ccc(Cl)c(CF)c2)CCO1. The fraction of sp³-hybridized carbons (Fsp3) is 0.524. The van der Waals surface area contributed by atoms with Gasteiger partial charge in [-0.25, -0.2) is 4.39 Å². The van der Waals surface area contributed by atoms with Crippen LogP contribution in [0.2, 0.25) is 5.02 Å². The standard InChI is InChI=1S/C21H27ClFN3O3S2/c1-25-17(4-6-27)13-30-21(25)31-14-20(28)24-10-18-12-26(5-7-29-18)11-15-2-3-19(22)16(8-15)9-23/h2-3,6,8,13,18,21H,4-5,7,9-12,14H2,1H3,(H,24,28). The van der Waals surface area contributed by atoms with Gasteiger partial charge in [0.25, 0.3) is 0 Å². The molecule has 3 rings (SSSR count). The Morgan fingerprint density at radius 2 is 2.32 bits per heavy atom. The number of carbonyl (C=O) groups is 2. The van der Waals surface area contributed by atoms with Crippen LogP contribution in [0.3, 0.4) is 0 Å². The van der Waals surface area contributed by atoms with Crippen LogP contribution in [-0.2, 0) is 27.5 Å². The molecule has 0 spiro atoms. The average Bonchev–Trinajstić information content (AvgIpc) is 3.12. The van der Waals surface area contributed by atoms with Gasteiger partial charge in [-0.1, -0.05) is 35.5 Å². The summed E-state index contributed by atoms with van der Waals surface area (Å²) < 4.78 is 18.9. The predicted octanol–water partition coefficient (Wildman–Crippen LogP) is 3.25. The maximum Gasteiger partial charge on any atom is 0.230 e. The maximum absolute atomic E-state index is 13.0. The molecule has 2 aliphatic heterocycles. The second-order valence-electron chi connectivity index (χ2n) is 7.44. The lowest BCUT2D eigenvalue weighted by Gasteiger charge is -2.33. The Bertz CT molecular complexity index is 814. The molecule has 0 saturated carbocycles. The van der Waals surface area contributed by atoms with Crippen molar-refractivity contribution < 1.29 is 18.7 Å². The molecule has 1 aromatic rings. The van der Waals surface area contributed by atoms with E-state index in [1.165, 1.54) is 11.8 Å². The van der Waals surface area contributed by atoms with E-state index in [0.29, 0.717) is 49.0 Å². The van der Waals surface area contributed by atoms with Gasteiger partial charge >= 0.3 is 0 Å². The first-order valence-corrected chi connectivity index (χ1v) is 12.4. The normalized spacial score (nSPS) is 21.8. The topological polar surface area (TPSA) is 61.9 Å². The van der Waals surface area contributed by atoms with Gasteiger partial charge in [0.1, 0.15) is 17.7 Å². The number of morpholine rings is 1. The summed E-state index contributed by atoms with van der Waals surface area (Å²) in [5.74, 6) is 0.311. The van der Waals surface area contributed by atoms with Crippen molar-refractivity contribution in [3.63, 3.8) is 0 Å². The molecule has 0 radical (unpaired) electrons. The van der Waals surface area contributed by atoms with E-state index in [-0.39, 0.29) is 16.7 Å². The first-order chi connectivity index (χ1) is 15.0. The van der Waals surface area contributed by atoms with E-state index in [1.54, 1.807) is 23.9 Å². The molecule has 6 nitrogen and oxygen atoms in total. The molecule has 2 heterocycles. The highest BCUT2D eigenvalue weighted by Gasteiger charge is 2.25. The van der Waals surface area contributed by atoms with Crippen molar-refractivity contribution in [1.29, 1.82) is 0 Å². The summed E-state index contributed by atoms with van der Waals surface area (Å²) in [4.78, 5) is 27.3. The lowest BCUT2D eigenvalue weighted by molar-refractivity contribution is -0.119. The number of halogens is 2. The number of amides is 1. The molecule has 31 heavy (non-hydrogen) atoms. The van der Waals surface area contributed by atoms with E-state index >= 15 is 0 Å². The van der Waals surface area contributed by atoms with Gasteiger partial charge in [-0.2, -0.15) is 0 Å². The van der Waals surface area contributed by atoms with Crippen molar-refractivity contribution in [3.8, 4) is 0 Å². The highest BCUT2D eigenvalue weighted by molar-refractivity contribution is 8.18. The zero-order chi connectivity index (χ0) is 22.2. The van der Waals surface area contributed by atoms with E-state index in [9.17, 15) is 14.0 Å². The smallest absolute Gasteiger partial charge is 0.230 e. The third-order valence-electron chi connectivity index (χ3n) is 5.15.